The highest BCUT2D eigenvalue weighted by atomic mass is 32.2. The van der Waals surface area contributed by atoms with Crippen LogP contribution in [0.3, 0.4) is 0 Å². The number of ether oxygens (including phenoxy) is 1. The smallest absolute Gasteiger partial charge is 0.264 e. The van der Waals surface area contributed by atoms with E-state index in [2.05, 4.69) is 67.1 Å². The molecule has 11 nitrogen and oxygen atoms in total. The first-order valence-electron chi connectivity index (χ1n) is 19.8. The fourth-order valence-electron chi connectivity index (χ4n) is 8.86. The van der Waals surface area contributed by atoms with Gasteiger partial charge in [0.1, 0.15) is 11.4 Å². The quantitative estimate of drug-likeness (QED) is 0.196. The lowest BCUT2D eigenvalue weighted by Crippen LogP contribution is -2.56. The van der Waals surface area contributed by atoms with E-state index in [1.54, 1.807) is 27.0 Å². The lowest BCUT2D eigenvalue weighted by atomic mass is 9.81. The molecule has 0 radical (unpaired) electrons. The molecule has 1 aliphatic carbocycles. The van der Waals surface area contributed by atoms with E-state index < -0.39 is 21.2 Å². The van der Waals surface area contributed by atoms with Crippen LogP contribution < -0.4 is 9.46 Å². The maximum atomic E-state index is 14.8. The fourth-order valence-corrected chi connectivity index (χ4v) is 9.47. The summed E-state index contributed by atoms with van der Waals surface area (Å²) in [6, 6.07) is 12.2. The molecule has 2 amide bonds. The summed E-state index contributed by atoms with van der Waals surface area (Å²) in [4.78, 5) is 32.7. The first-order valence-corrected chi connectivity index (χ1v) is 21.4. The Kier molecular flexibility index (Phi) is 10.5. The molecule has 12 heteroatoms. The third-order valence-electron chi connectivity index (χ3n) is 12.2. The number of hydrogen-bond donors (Lipinski definition) is 1. The molecule has 2 aliphatic heterocycles. The molecule has 2 fully saturated rings. The van der Waals surface area contributed by atoms with Crippen LogP contribution >= 0.6 is 0 Å². The Bertz CT molecular complexity index is 2280. The predicted octanol–water partition coefficient (Wildman–Crippen LogP) is 7.64. The number of fused-ring (bicyclic) bond motifs is 5. The van der Waals surface area contributed by atoms with Gasteiger partial charge in [0, 0.05) is 64.5 Å². The summed E-state index contributed by atoms with van der Waals surface area (Å²) < 4.78 is 37.9. The average molecular weight is 769 g/mol. The molecule has 294 valence electrons. The van der Waals surface area contributed by atoms with Crippen molar-refractivity contribution in [2.45, 2.75) is 116 Å². The van der Waals surface area contributed by atoms with Crippen molar-refractivity contribution in [3.8, 4) is 17.0 Å². The van der Waals surface area contributed by atoms with Crippen LogP contribution in [-0.2, 0) is 16.6 Å². The van der Waals surface area contributed by atoms with Gasteiger partial charge in [-0.25, -0.2) is 13.1 Å². The van der Waals surface area contributed by atoms with Crippen LogP contribution in [0.2, 0.25) is 0 Å². The van der Waals surface area contributed by atoms with Crippen LogP contribution in [-0.4, -0.2) is 89.0 Å². The van der Waals surface area contributed by atoms with Crippen molar-refractivity contribution in [1.82, 2.24) is 28.9 Å². The number of hydrogen-bond acceptors (Lipinski definition) is 7. The molecular weight excluding hydrogens is 713 g/mol. The number of aromatic nitrogens is 3. The molecule has 2 aromatic heterocycles. The van der Waals surface area contributed by atoms with E-state index in [9.17, 15) is 18.0 Å². The van der Waals surface area contributed by atoms with Gasteiger partial charge in [0.2, 0.25) is 10.0 Å². The van der Waals surface area contributed by atoms with Crippen molar-refractivity contribution < 1.29 is 22.7 Å². The zero-order valence-electron chi connectivity index (χ0n) is 33.8. The highest BCUT2D eigenvalue weighted by Gasteiger charge is 2.36. The Labute approximate surface area is 325 Å². The largest absolute Gasteiger partial charge is 0.497 e. The molecule has 55 heavy (non-hydrogen) atoms. The lowest BCUT2D eigenvalue weighted by molar-refractivity contribution is 0.0413. The number of nitrogens with one attached hydrogen (secondary N) is 1. The Hall–Kier alpha value is -4.42. The number of carbonyl (C=O) groups is 2. The van der Waals surface area contributed by atoms with Crippen molar-refractivity contribution in [3.05, 3.63) is 70.0 Å². The van der Waals surface area contributed by atoms with Gasteiger partial charge < -0.3 is 14.2 Å². The van der Waals surface area contributed by atoms with Gasteiger partial charge in [-0.3, -0.25) is 19.2 Å². The summed E-state index contributed by atoms with van der Waals surface area (Å²) >= 11 is 0. The predicted molar refractivity (Wildman–Crippen MR) is 219 cm³/mol. The summed E-state index contributed by atoms with van der Waals surface area (Å²) in [5.41, 5.74) is 8.40. The zero-order chi connectivity index (χ0) is 39.5. The molecule has 2 aromatic carbocycles. The van der Waals surface area contributed by atoms with Gasteiger partial charge in [0.05, 0.1) is 30.2 Å². The lowest BCUT2D eigenvalue weighted by Gasteiger charge is -2.42. The number of rotatable bonds is 8. The Morgan fingerprint density at radius 1 is 0.964 bits per heavy atom. The zero-order valence-corrected chi connectivity index (χ0v) is 34.6. The minimum atomic E-state index is -3.84. The van der Waals surface area contributed by atoms with Gasteiger partial charge in [-0.1, -0.05) is 25.3 Å². The van der Waals surface area contributed by atoms with Gasteiger partial charge >= 0.3 is 0 Å². The molecule has 4 heterocycles. The standard InChI is InChI=1S/C43H56N6O5S/c1-25(2)49-29(7)38(43(51)47-22-27(5)46(8)28(6)23-47)40(44-49)33-19-32-20-34(54-9)16-18-35(32)41-39(30-13-11-10-12-14-30)36-17-15-31(21-37(36)48(41)24-33)42(50)45-55(52,53)26(3)4/h15-21,25-28,30H,10-14,22-24H2,1-9H3,(H,45,50). The molecule has 1 saturated carbocycles. The van der Waals surface area contributed by atoms with Crippen molar-refractivity contribution in [2.24, 2.45) is 0 Å². The number of methoxy groups -OCH3 is 1. The maximum absolute atomic E-state index is 14.8. The van der Waals surface area contributed by atoms with Crippen LogP contribution in [0.4, 0.5) is 0 Å². The van der Waals surface area contributed by atoms with E-state index in [-0.39, 0.29) is 29.6 Å². The third kappa shape index (κ3) is 7.01. The van der Waals surface area contributed by atoms with Crippen molar-refractivity contribution in [2.75, 3.05) is 27.2 Å². The van der Waals surface area contributed by atoms with E-state index in [0.717, 1.165) is 70.4 Å². The Balaban J connectivity index is 1.47. The monoisotopic (exact) mass is 768 g/mol. The van der Waals surface area contributed by atoms with Gasteiger partial charge in [-0.05, 0) is 122 Å². The summed E-state index contributed by atoms with van der Waals surface area (Å²) in [6.07, 6.45) is 7.77. The van der Waals surface area contributed by atoms with Gasteiger partial charge in [-0.15, -0.1) is 0 Å². The van der Waals surface area contributed by atoms with Crippen LogP contribution in [0.1, 0.15) is 129 Å². The summed E-state index contributed by atoms with van der Waals surface area (Å²) in [6.45, 7) is 15.2. The first-order chi connectivity index (χ1) is 26.1. The third-order valence-corrected chi connectivity index (χ3v) is 13.9. The second-order valence-corrected chi connectivity index (χ2v) is 18.7. The second-order valence-electron chi connectivity index (χ2n) is 16.5. The van der Waals surface area contributed by atoms with Crippen molar-refractivity contribution in [1.29, 1.82) is 0 Å². The average Bonchev–Trinajstić information content (AvgIpc) is 3.61. The Morgan fingerprint density at radius 3 is 2.29 bits per heavy atom. The van der Waals surface area contributed by atoms with E-state index in [0.29, 0.717) is 36.8 Å². The number of benzene rings is 2. The normalized spacial score (nSPS) is 19.7. The topological polar surface area (TPSA) is 119 Å². The molecule has 4 aromatic rings. The number of allylic oxidation sites excluding steroid dienone is 1. The number of amides is 2. The molecule has 3 aliphatic rings. The van der Waals surface area contributed by atoms with Crippen molar-refractivity contribution >= 4 is 44.4 Å². The van der Waals surface area contributed by atoms with E-state index >= 15 is 0 Å². The number of sulfonamides is 1. The maximum Gasteiger partial charge on any atom is 0.264 e. The molecule has 2 atom stereocenters. The van der Waals surface area contributed by atoms with Crippen molar-refractivity contribution in [3.63, 3.8) is 0 Å². The van der Waals surface area contributed by atoms with Gasteiger partial charge in [0.15, 0.2) is 0 Å². The summed E-state index contributed by atoms with van der Waals surface area (Å²) in [5.74, 6) is 0.359. The minimum absolute atomic E-state index is 0.0204. The highest BCUT2D eigenvalue weighted by Crippen LogP contribution is 2.48. The molecule has 2 unspecified atom stereocenters. The molecule has 0 bridgehead atoms. The number of likely N-dealkylation sites (N-methyl/N-ethyl adjacent to an activating group) is 1. The van der Waals surface area contributed by atoms with Crippen LogP contribution in [0, 0.1) is 6.92 Å². The molecule has 7 rings (SSSR count). The number of nitrogens with zero attached hydrogens (tertiary/aromatic N) is 5. The van der Waals surface area contributed by atoms with E-state index in [4.69, 9.17) is 9.84 Å². The number of piperazine rings is 1. The van der Waals surface area contributed by atoms with E-state index in [1.807, 2.05) is 34.7 Å². The van der Waals surface area contributed by atoms with Crippen LogP contribution in [0.15, 0.2) is 36.4 Å². The van der Waals surface area contributed by atoms with Gasteiger partial charge in [0.25, 0.3) is 11.8 Å². The fraction of sp³-hybridized carbons (Fsp3) is 0.512. The molecule has 0 spiro atoms. The highest BCUT2D eigenvalue weighted by molar-refractivity contribution is 7.90. The molecule has 1 saturated heterocycles. The first kappa shape index (κ1) is 38.8. The summed E-state index contributed by atoms with van der Waals surface area (Å²) in [7, 11) is -0.0578. The molecular formula is C43H56N6O5S. The molecule has 1 N–H and O–H groups in total. The minimum Gasteiger partial charge on any atom is -0.497 e. The van der Waals surface area contributed by atoms with Crippen LogP contribution in [0.5, 0.6) is 5.75 Å². The Morgan fingerprint density at radius 2 is 1.65 bits per heavy atom. The number of carbonyl (C=O) groups excluding carboxylic acids is 2. The van der Waals surface area contributed by atoms with E-state index in [1.165, 1.54) is 12.0 Å². The van der Waals surface area contributed by atoms with Gasteiger partial charge in [-0.2, -0.15) is 5.10 Å². The summed E-state index contributed by atoms with van der Waals surface area (Å²) in [5, 5.41) is 5.52. The second kappa shape index (κ2) is 14.9. The SMILES string of the molecule is COc1ccc2c(c1)C=C(c1nn(C(C)C)c(C)c1C(=O)N1CC(C)N(C)C(C)C1)Cn1c-2c(C2CCCCC2)c2ccc(C(=O)NS(=O)(=O)C(C)C)cc21. The van der Waals surface area contributed by atoms with Crippen LogP contribution in [0.25, 0.3) is 33.8 Å².